The molecule has 2 heterocycles. The van der Waals surface area contributed by atoms with Crippen LogP contribution in [0.5, 0.6) is 0 Å². The molecule has 0 aromatic heterocycles. The van der Waals surface area contributed by atoms with Gasteiger partial charge in [-0.15, -0.1) is 0 Å². The molecule has 1 saturated heterocycles. The van der Waals surface area contributed by atoms with Gasteiger partial charge in [0.1, 0.15) is 0 Å². The summed E-state index contributed by atoms with van der Waals surface area (Å²) < 4.78 is 0. The molecule has 0 N–H and O–H groups in total. The lowest BCUT2D eigenvalue weighted by molar-refractivity contribution is 0.505. The largest absolute Gasteiger partial charge is 0.0993 e. The second-order valence-corrected chi connectivity index (χ2v) is 6.41. The maximum Gasteiger partial charge on any atom is -0.00292 e. The van der Waals surface area contributed by atoms with E-state index in [0.29, 0.717) is 7.92 Å². The summed E-state index contributed by atoms with van der Waals surface area (Å²) in [5.74, 6) is 0.945. The Morgan fingerprint density at radius 3 is 2.40 bits per heavy atom. The molecule has 0 amide bonds. The second-order valence-electron chi connectivity index (χ2n) is 3.60. The van der Waals surface area contributed by atoms with E-state index in [9.17, 15) is 0 Å². The first-order valence-electron chi connectivity index (χ1n) is 4.19. The molecule has 56 valence electrons. The molecule has 10 heavy (non-hydrogen) atoms. The molecule has 0 saturated carbocycles. The molecular weight excluding hydrogens is 139 g/mol. The van der Waals surface area contributed by atoms with Gasteiger partial charge in [-0.2, -0.15) is 0 Å². The average Bonchev–Trinajstić information content (AvgIpc) is 2.00. The number of allylic oxidation sites excluding steroid dienone is 2. The van der Waals surface area contributed by atoms with Crippen molar-refractivity contribution in [1.82, 2.24) is 0 Å². The van der Waals surface area contributed by atoms with Crippen LogP contribution in [0.15, 0.2) is 12.2 Å². The van der Waals surface area contributed by atoms with Crippen LogP contribution in [-0.4, -0.2) is 18.0 Å². The Balaban J connectivity index is 2.25. The molecule has 0 radical (unpaired) electrons. The predicted molar refractivity (Wildman–Crippen MR) is 48.0 cm³/mol. The minimum atomic E-state index is 0.347. The van der Waals surface area contributed by atoms with Crippen molar-refractivity contribution in [2.24, 2.45) is 5.92 Å². The standard InChI is InChI=1S/C9H15P/c1-7-8-3-5-9(6-4-8)10(7)2/h3,5,7-9H,4,6H2,1-2H3/t7?,8-,9+,10?/m1/s1. The van der Waals surface area contributed by atoms with E-state index in [1.54, 1.807) is 0 Å². The van der Waals surface area contributed by atoms with E-state index in [0.717, 1.165) is 17.2 Å². The first-order chi connectivity index (χ1) is 4.79. The minimum Gasteiger partial charge on any atom is -0.0993 e. The van der Waals surface area contributed by atoms with Crippen LogP contribution in [-0.2, 0) is 0 Å². The molecule has 1 heteroatoms. The molecule has 0 spiro atoms. The van der Waals surface area contributed by atoms with Gasteiger partial charge in [0, 0.05) is 0 Å². The molecule has 2 unspecified atom stereocenters. The highest BCUT2D eigenvalue weighted by Crippen LogP contribution is 2.56. The van der Waals surface area contributed by atoms with Crippen molar-refractivity contribution >= 4 is 7.92 Å². The second kappa shape index (κ2) is 2.34. The topological polar surface area (TPSA) is 0 Å². The number of fused-ring (bicyclic) bond motifs is 2. The number of hydrogen-bond acceptors (Lipinski definition) is 0. The van der Waals surface area contributed by atoms with Gasteiger partial charge in [-0.25, -0.2) is 0 Å². The highest BCUT2D eigenvalue weighted by Gasteiger charge is 2.34. The fourth-order valence-electron chi connectivity index (χ4n) is 2.17. The summed E-state index contributed by atoms with van der Waals surface area (Å²) in [6.07, 6.45) is 7.88. The predicted octanol–water partition coefficient (Wildman–Crippen LogP) is 2.84. The fraction of sp³-hybridized carbons (Fsp3) is 0.778. The summed E-state index contributed by atoms with van der Waals surface area (Å²) >= 11 is 0. The summed E-state index contributed by atoms with van der Waals surface area (Å²) in [6.45, 7) is 4.91. The van der Waals surface area contributed by atoms with Crippen LogP contribution in [0.2, 0.25) is 0 Å². The maximum atomic E-state index is 2.47. The highest BCUT2D eigenvalue weighted by molar-refractivity contribution is 7.58. The summed E-state index contributed by atoms with van der Waals surface area (Å²) in [5, 5.41) is 0. The quantitative estimate of drug-likeness (QED) is 0.372. The van der Waals surface area contributed by atoms with Gasteiger partial charge in [-0.3, -0.25) is 0 Å². The normalized spacial score (nSPS) is 51.8. The average molecular weight is 154 g/mol. The van der Waals surface area contributed by atoms with E-state index in [-0.39, 0.29) is 0 Å². The fourth-order valence-corrected chi connectivity index (χ4v) is 4.56. The van der Waals surface area contributed by atoms with Gasteiger partial charge >= 0.3 is 0 Å². The molecular formula is C9H15P. The van der Waals surface area contributed by atoms with E-state index in [2.05, 4.69) is 25.7 Å². The zero-order valence-electron chi connectivity index (χ0n) is 6.75. The van der Waals surface area contributed by atoms with Gasteiger partial charge in [0.15, 0.2) is 0 Å². The smallest absolute Gasteiger partial charge is 0.00292 e. The Morgan fingerprint density at radius 1 is 1.30 bits per heavy atom. The van der Waals surface area contributed by atoms with Crippen molar-refractivity contribution in [1.29, 1.82) is 0 Å². The molecule has 0 nitrogen and oxygen atoms in total. The molecule has 0 aromatic rings. The van der Waals surface area contributed by atoms with E-state index in [4.69, 9.17) is 0 Å². The van der Waals surface area contributed by atoms with Crippen molar-refractivity contribution < 1.29 is 0 Å². The lowest BCUT2D eigenvalue weighted by Gasteiger charge is -2.42. The van der Waals surface area contributed by atoms with Crippen LogP contribution in [0.25, 0.3) is 0 Å². The first-order valence-corrected chi connectivity index (χ1v) is 6.12. The lowest BCUT2D eigenvalue weighted by atomic mass is 9.92. The third kappa shape index (κ3) is 0.855. The Kier molecular flexibility index (Phi) is 1.60. The summed E-state index contributed by atoms with van der Waals surface area (Å²) in [7, 11) is 0.347. The van der Waals surface area contributed by atoms with Gasteiger partial charge in [-0.1, -0.05) is 27.0 Å². The molecule has 3 rings (SSSR count). The Labute approximate surface area is 64.5 Å². The highest BCUT2D eigenvalue weighted by atomic mass is 31.1. The van der Waals surface area contributed by atoms with E-state index < -0.39 is 0 Å². The Morgan fingerprint density at radius 2 is 2.10 bits per heavy atom. The van der Waals surface area contributed by atoms with Crippen LogP contribution in [0, 0.1) is 5.92 Å². The van der Waals surface area contributed by atoms with Crippen molar-refractivity contribution in [3.8, 4) is 0 Å². The molecule has 1 fully saturated rings. The summed E-state index contributed by atoms with van der Waals surface area (Å²) in [6, 6.07) is 0. The molecule has 2 aliphatic heterocycles. The Bertz CT molecular complexity index is 144. The van der Waals surface area contributed by atoms with Gasteiger partial charge in [-0.05, 0) is 36.7 Å². The summed E-state index contributed by atoms with van der Waals surface area (Å²) in [5.41, 5.74) is 1.99. The van der Waals surface area contributed by atoms with Gasteiger partial charge < -0.3 is 0 Å². The zero-order valence-corrected chi connectivity index (χ0v) is 7.64. The SMILES string of the molecule is CC1[C@@H]2C=C[C@@H](CC2)P1C. The minimum absolute atomic E-state index is 0.347. The van der Waals surface area contributed by atoms with Crippen LogP contribution in [0.3, 0.4) is 0 Å². The molecule has 2 bridgehead atoms. The molecule has 1 aliphatic carbocycles. The number of hydrogen-bond donors (Lipinski definition) is 0. The van der Waals surface area contributed by atoms with E-state index >= 15 is 0 Å². The third-order valence-electron chi connectivity index (χ3n) is 3.16. The van der Waals surface area contributed by atoms with Crippen LogP contribution >= 0.6 is 7.92 Å². The van der Waals surface area contributed by atoms with Crippen LogP contribution < -0.4 is 0 Å². The third-order valence-corrected chi connectivity index (χ3v) is 6.31. The first kappa shape index (κ1) is 6.85. The van der Waals surface area contributed by atoms with Crippen molar-refractivity contribution in [3.63, 3.8) is 0 Å². The number of rotatable bonds is 0. The zero-order chi connectivity index (χ0) is 7.14. The Hall–Kier alpha value is 0.170. The van der Waals surface area contributed by atoms with E-state index in [1.807, 2.05) is 0 Å². The van der Waals surface area contributed by atoms with Gasteiger partial charge in [0.25, 0.3) is 0 Å². The summed E-state index contributed by atoms with van der Waals surface area (Å²) in [4.78, 5) is 0. The molecule has 0 aromatic carbocycles. The van der Waals surface area contributed by atoms with E-state index in [1.165, 1.54) is 12.8 Å². The maximum absolute atomic E-state index is 2.47. The monoisotopic (exact) mass is 154 g/mol. The molecule has 3 aliphatic rings. The van der Waals surface area contributed by atoms with Crippen molar-refractivity contribution in [2.75, 3.05) is 6.66 Å². The van der Waals surface area contributed by atoms with Gasteiger partial charge in [0.2, 0.25) is 0 Å². The van der Waals surface area contributed by atoms with Crippen molar-refractivity contribution in [3.05, 3.63) is 12.2 Å². The van der Waals surface area contributed by atoms with Crippen LogP contribution in [0.1, 0.15) is 19.8 Å². The van der Waals surface area contributed by atoms with Gasteiger partial charge in [0.05, 0.1) is 0 Å². The van der Waals surface area contributed by atoms with Crippen molar-refractivity contribution in [2.45, 2.75) is 31.1 Å². The van der Waals surface area contributed by atoms with Crippen LogP contribution in [0.4, 0.5) is 0 Å². The molecule has 4 atom stereocenters. The lowest BCUT2D eigenvalue weighted by Crippen LogP contribution is -2.29.